The summed E-state index contributed by atoms with van der Waals surface area (Å²) in [6, 6.07) is 12.4. The van der Waals surface area contributed by atoms with Crippen LogP contribution in [0.3, 0.4) is 0 Å². The minimum atomic E-state index is 0.414. The van der Waals surface area contributed by atoms with Gasteiger partial charge in [0.15, 0.2) is 0 Å². The minimum Gasteiger partial charge on any atom is -0.493 e. The van der Waals surface area contributed by atoms with Gasteiger partial charge in [0, 0.05) is 0 Å². The quantitative estimate of drug-likeness (QED) is 0.296. The van der Waals surface area contributed by atoms with E-state index in [4.69, 9.17) is 14.3 Å². The third-order valence-electron chi connectivity index (χ3n) is 4.63. The molecule has 1 atom stereocenters. The summed E-state index contributed by atoms with van der Waals surface area (Å²) >= 11 is 0. The minimum absolute atomic E-state index is 0.414. The second-order valence-electron chi connectivity index (χ2n) is 6.89. The predicted molar refractivity (Wildman–Crippen MR) is 116 cm³/mol. The zero-order chi connectivity index (χ0) is 20.4. The largest absolute Gasteiger partial charge is 0.493 e. The molecular weight excluding hydrogens is 350 g/mol. The number of rotatable bonds is 10. The van der Waals surface area contributed by atoms with Crippen LogP contribution in [0.2, 0.25) is 0 Å². The van der Waals surface area contributed by atoms with E-state index < -0.39 is 0 Å². The lowest BCUT2D eigenvalue weighted by molar-refractivity contribution is 0.215. The van der Waals surface area contributed by atoms with Crippen molar-refractivity contribution in [3.8, 4) is 11.5 Å². The van der Waals surface area contributed by atoms with Gasteiger partial charge >= 0.3 is 0 Å². The van der Waals surface area contributed by atoms with Crippen molar-refractivity contribution >= 4 is 6.21 Å². The zero-order valence-electron chi connectivity index (χ0n) is 17.6. The molecule has 0 fully saturated rings. The van der Waals surface area contributed by atoms with E-state index >= 15 is 0 Å². The lowest BCUT2D eigenvalue weighted by Crippen LogP contribution is -2.06. The fraction of sp³-hybridized carbons (Fsp3) is 0.375. The highest BCUT2D eigenvalue weighted by molar-refractivity contribution is 5.79. The Labute approximate surface area is 168 Å². The lowest BCUT2D eigenvalue weighted by atomic mass is 9.97. The molecule has 0 bridgehead atoms. The monoisotopic (exact) mass is 381 g/mol. The summed E-state index contributed by atoms with van der Waals surface area (Å²) in [6.07, 6.45) is 6.63. The number of benzene rings is 2. The van der Waals surface area contributed by atoms with Crippen molar-refractivity contribution in [3.05, 3.63) is 70.8 Å². The second kappa shape index (κ2) is 11.2. The Bertz CT molecular complexity index is 771. The molecule has 0 saturated carbocycles. The highest BCUT2D eigenvalue weighted by Crippen LogP contribution is 2.29. The van der Waals surface area contributed by atoms with Crippen molar-refractivity contribution in [3.63, 3.8) is 0 Å². The highest BCUT2D eigenvalue weighted by atomic mass is 16.6. The number of oxime groups is 1. The smallest absolute Gasteiger partial charge is 0.125 e. The van der Waals surface area contributed by atoms with E-state index in [2.05, 4.69) is 50.2 Å². The molecular formula is C24H31NO3. The van der Waals surface area contributed by atoms with E-state index in [1.165, 1.54) is 5.56 Å². The molecule has 0 saturated heterocycles. The number of hydrogen-bond donors (Lipinski definition) is 0. The topological polar surface area (TPSA) is 40.0 Å². The van der Waals surface area contributed by atoms with Crippen LogP contribution >= 0.6 is 0 Å². The van der Waals surface area contributed by atoms with Crippen LogP contribution in [0.1, 0.15) is 48.4 Å². The molecule has 2 aromatic rings. The van der Waals surface area contributed by atoms with Crippen LogP contribution in [0.25, 0.3) is 0 Å². The molecule has 0 N–H and O–H groups in total. The summed E-state index contributed by atoms with van der Waals surface area (Å²) < 4.78 is 11.8. The standard InChI is InChI=1S/C24H31NO3/c1-6-7-13-27-23-15-19(3)24(20(4)16-23)28-14-12-18(2)22-10-8-21(9-11-22)17-25-26-5/h6-11,15-18H,12-14H2,1-5H3/b7-6+,25-17+. The van der Waals surface area contributed by atoms with E-state index in [1.807, 2.05) is 31.2 Å². The summed E-state index contributed by atoms with van der Waals surface area (Å²) in [7, 11) is 1.54. The molecule has 0 aliphatic heterocycles. The van der Waals surface area contributed by atoms with Crippen molar-refractivity contribution in [2.75, 3.05) is 20.3 Å². The van der Waals surface area contributed by atoms with E-state index in [1.54, 1.807) is 13.3 Å². The number of nitrogens with zero attached hydrogens (tertiary/aromatic N) is 1. The Balaban J connectivity index is 1.90. The normalized spacial score (nSPS) is 12.5. The summed E-state index contributed by atoms with van der Waals surface area (Å²) in [5.41, 5.74) is 4.52. The molecule has 4 nitrogen and oxygen atoms in total. The Morgan fingerprint density at radius 1 is 1.04 bits per heavy atom. The van der Waals surface area contributed by atoms with Gasteiger partial charge in [-0.2, -0.15) is 0 Å². The zero-order valence-corrected chi connectivity index (χ0v) is 17.6. The predicted octanol–water partition coefficient (Wildman–Crippen LogP) is 5.81. The van der Waals surface area contributed by atoms with Crippen LogP contribution in [0.4, 0.5) is 0 Å². The van der Waals surface area contributed by atoms with E-state index in [0.29, 0.717) is 19.1 Å². The van der Waals surface area contributed by atoms with Gasteiger partial charge in [-0.25, -0.2) is 0 Å². The van der Waals surface area contributed by atoms with E-state index in [-0.39, 0.29) is 0 Å². The van der Waals surface area contributed by atoms with Crippen LogP contribution in [-0.4, -0.2) is 26.5 Å². The fourth-order valence-corrected chi connectivity index (χ4v) is 2.99. The van der Waals surface area contributed by atoms with E-state index in [0.717, 1.165) is 34.6 Å². The van der Waals surface area contributed by atoms with Gasteiger partial charge < -0.3 is 14.3 Å². The van der Waals surface area contributed by atoms with Crippen molar-refractivity contribution < 1.29 is 14.3 Å². The van der Waals surface area contributed by atoms with Crippen LogP contribution in [0, 0.1) is 13.8 Å². The molecule has 1 unspecified atom stereocenters. The molecule has 0 radical (unpaired) electrons. The molecule has 0 heterocycles. The van der Waals surface area contributed by atoms with E-state index in [9.17, 15) is 0 Å². The second-order valence-corrected chi connectivity index (χ2v) is 6.89. The molecule has 0 aliphatic carbocycles. The lowest BCUT2D eigenvalue weighted by Gasteiger charge is -2.17. The third-order valence-corrected chi connectivity index (χ3v) is 4.63. The van der Waals surface area contributed by atoms with Gasteiger partial charge in [-0.1, -0.05) is 48.5 Å². The maximum absolute atomic E-state index is 6.11. The van der Waals surface area contributed by atoms with Crippen LogP contribution < -0.4 is 9.47 Å². The van der Waals surface area contributed by atoms with Crippen molar-refractivity contribution in [1.82, 2.24) is 0 Å². The average molecular weight is 382 g/mol. The van der Waals surface area contributed by atoms with Gasteiger partial charge in [0.2, 0.25) is 0 Å². The van der Waals surface area contributed by atoms with Gasteiger partial charge in [-0.05, 0) is 67.5 Å². The number of allylic oxidation sites excluding steroid dienone is 1. The molecule has 0 amide bonds. The van der Waals surface area contributed by atoms with Crippen LogP contribution in [-0.2, 0) is 4.84 Å². The van der Waals surface area contributed by atoms with Gasteiger partial charge in [0.25, 0.3) is 0 Å². The number of hydrogen-bond acceptors (Lipinski definition) is 4. The maximum Gasteiger partial charge on any atom is 0.125 e. The molecule has 2 rings (SSSR count). The fourth-order valence-electron chi connectivity index (χ4n) is 2.99. The highest BCUT2D eigenvalue weighted by Gasteiger charge is 2.10. The van der Waals surface area contributed by atoms with Crippen LogP contribution in [0.15, 0.2) is 53.7 Å². The molecule has 4 heteroatoms. The Kier molecular flexibility index (Phi) is 8.60. The summed E-state index contributed by atoms with van der Waals surface area (Å²) in [5, 5.41) is 3.79. The molecule has 0 aliphatic rings. The van der Waals surface area contributed by atoms with Crippen molar-refractivity contribution in [2.24, 2.45) is 5.16 Å². The molecule has 2 aromatic carbocycles. The van der Waals surface area contributed by atoms with Gasteiger partial charge in [0.05, 0.1) is 12.8 Å². The van der Waals surface area contributed by atoms with Gasteiger partial charge in [-0.15, -0.1) is 0 Å². The van der Waals surface area contributed by atoms with Gasteiger partial charge in [-0.3, -0.25) is 0 Å². The molecule has 28 heavy (non-hydrogen) atoms. The summed E-state index contributed by atoms with van der Waals surface area (Å²) in [5.74, 6) is 2.25. The molecule has 0 spiro atoms. The Hall–Kier alpha value is -2.75. The van der Waals surface area contributed by atoms with Crippen molar-refractivity contribution in [2.45, 2.75) is 40.0 Å². The first kappa shape index (κ1) is 21.5. The number of ether oxygens (including phenoxy) is 2. The van der Waals surface area contributed by atoms with Crippen LogP contribution in [0.5, 0.6) is 11.5 Å². The molecule has 0 aromatic heterocycles. The Morgan fingerprint density at radius 2 is 1.71 bits per heavy atom. The first-order chi connectivity index (χ1) is 13.5. The first-order valence-electron chi connectivity index (χ1n) is 9.69. The van der Waals surface area contributed by atoms with Gasteiger partial charge in [0.1, 0.15) is 25.2 Å². The SMILES string of the molecule is C/C=C/COc1cc(C)c(OCCC(C)c2ccc(/C=N/OC)cc2)c(C)c1. The Morgan fingerprint density at radius 3 is 2.32 bits per heavy atom. The molecule has 150 valence electrons. The number of aryl methyl sites for hydroxylation is 2. The first-order valence-corrected chi connectivity index (χ1v) is 9.69. The maximum atomic E-state index is 6.11. The summed E-state index contributed by atoms with van der Waals surface area (Å²) in [6.45, 7) is 9.60. The van der Waals surface area contributed by atoms with Crippen molar-refractivity contribution in [1.29, 1.82) is 0 Å². The summed E-state index contributed by atoms with van der Waals surface area (Å²) in [4.78, 5) is 4.71. The third kappa shape index (κ3) is 6.45. The average Bonchev–Trinajstić information content (AvgIpc) is 2.69.